The van der Waals surface area contributed by atoms with E-state index in [1.165, 1.54) is 37.4 Å². The van der Waals surface area contributed by atoms with E-state index in [4.69, 9.17) is 15.2 Å². The Hall–Kier alpha value is -4.06. The summed E-state index contributed by atoms with van der Waals surface area (Å²) < 4.78 is 66.7. The first-order valence-electron chi connectivity index (χ1n) is 10.3. The highest BCUT2D eigenvalue weighted by Crippen LogP contribution is 2.47. The first kappa shape index (κ1) is 25.0. The number of thioether (sulfide) groups is 1. The van der Waals surface area contributed by atoms with Gasteiger partial charge in [-0.15, -0.1) is 0 Å². The maximum atomic E-state index is 14.5. The number of benzene rings is 3. The highest BCUT2D eigenvalue weighted by atomic mass is 32.2. The van der Waals surface area contributed by atoms with Gasteiger partial charge in [-0.25, -0.2) is 22.6 Å². The predicted octanol–water partition coefficient (Wildman–Crippen LogP) is 4.37. The molecule has 0 bridgehead atoms. The van der Waals surface area contributed by atoms with Crippen LogP contribution < -0.4 is 15.2 Å². The first-order valence-corrected chi connectivity index (χ1v) is 11.1. The van der Waals surface area contributed by atoms with Crippen LogP contribution in [0.1, 0.15) is 26.9 Å². The molecule has 0 saturated carbocycles. The Morgan fingerprint density at radius 1 is 1.03 bits per heavy atom. The molecule has 36 heavy (non-hydrogen) atoms. The van der Waals surface area contributed by atoms with Crippen LogP contribution in [0.5, 0.6) is 11.5 Å². The number of ether oxygens (including phenoxy) is 2. The van der Waals surface area contributed by atoms with Crippen LogP contribution in [-0.4, -0.2) is 35.6 Å². The summed E-state index contributed by atoms with van der Waals surface area (Å²) in [7, 11) is 1.32. The highest BCUT2D eigenvalue weighted by molar-refractivity contribution is 8.14. The molecule has 4 rings (SSSR count). The number of primary amides is 1. The molecule has 1 aliphatic rings. The van der Waals surface area contributed by atoms with Gasteiger partial charge < -0.3 is 15.2 Å². The second-order valence-electron chi connectivity index (χ2n) is 7.41. The van der Waals surface area contributed by atoms with Crippen LogP contribution in [0.15, 0.2) is 59.7 Å². The lowest BCUT2D eigenvalue weighted by Gasteiger charge is -2.24. The molecule has 0 aliphatic carbocycles. The number of nitrogens with two attached hydrogens (primary N) is 1. The molecule has 3 aromatic rings. The number of hydrogen-bond acceptors (Lipinski definition) is 6. The average molecular weight is 519 g/mol. The largest absolute Gasteiger partial charge is 0.492 e. The molecule has 0 fully saturated rings. The molecule has 0 saturated heterocycles. The summed E-state index contributed by atoms with van der Waals surface area (Å²) in [6.07, 6.45) is 0. The number of hydrogen-bond donors (Lipinski definition) is 1. The predicted molar refractivity (Wildman–Crippen MR) is 123 cm³/mol. The Balaban J connectivity index is 1.81. The molecular formula is C24H17F4N3O4S. The van der Waals surface area contributed by atoms with Crippen LogP contribution in [-0.2, 0) is 4.79 Å². The SMILES string of the molecule is COc1c(OCC(N)=O)cccc1C1SC(c2ccc(F)cc2)=NN1C(=O)c1c(F)cc(F)cc1F. The maximum absolute atomic E-state index is 14.5. The van der Waals surface area contributed by atoms with E-state index < -0.39 is 52.6 Å². The number of nitrogens with zero attached hydrogens (tertiary/aromatic N) is 2. The van der Waals surface area contributed by atoms with Crippen molar-refractivity contribution in [3.8, 4) is 11.5 Å². The molecule has 7 nitrogen and oxygen atoms in total. The average Bonchev–Trinajstić information content (AvgIpc) is 3.27. The third-order valence-electron chi connectivity index (χ3n) is 5.01. The molecular weight excluding hydrogens is 502 g/mol. The summed E-state index contributed by atoms with van der Waals surface area (Å²) in [6.45, 7) is -0.455. The standard InChI is InChI=1S/C24H17F4N3O4S/c1-34-21-15(3-2-4-18(21)35-11-19(29)32)24-31(23(33)20-16(27)9-14(26)10-17(20)28)30-22(36-24)12-5-7-13(25)8-6-12/h2-10,24H,11H2,1H3,(H2,29,32). The molecule has 0 spiro atoms. The third-order valence-corrected chi connectivity index (χ3v) is 6.23. The van der Waals surface area contributed by atoms with Crippen LogP contribution in [0.4, 0.5) is 17.6 Å². The summed E-state index contributed by atoms with van der Waals surface area (Å²) in [6, 6.07) is 10.6. The van der Waals surface area contributed by atoms with Crippen molar-refractivity contribution < 1.29 is 36.6 Å². The zero-order valence-corrected chi connectivity index (χ0v) is 19.3. The van der Waals surface area contributed by atoms with Crippen molar-refractivity contribution in [2.24, 2.45) is 10.8 Å². The quantitative estimate of drug-likeness (QED) is 0.468. The molecule has 1 unspecified atom stereocenters. The second-order valence-corrected chi connectivity index (χ2v) is 8.48. The number of halogens is 4. The molecule has 1 atom stereocenters. The number of carbonyl (C=O) groups is 2. The van der Waals surface area contributed by atoms with Crippen molar-refractivity contribution in [2.75, 3.05) is 13.7 Å². The lowest BCUT2D eigenvalue weighted by Crippen LogP contribution is -2.28. The normalized spacial score (nSPS) is 15.0. The molecule has 2 amide bonds. The summed E-state index contributed by atoms with van der Waals surface area (Å²) >= 11 is 1.02. The topological polar surface area (TPSA) is 94.2 Å². The lowest BCUT2D eigenvalue weighted by molar-refractivity contribution is -0.119. The number of methoxy groups -OCH3 is 1. The van der Waals surface area contributed by atoms with Crippen LogP contribution in [0.2, 0.25) is 0 Å². The lowest BCUT2D eigenvalue weighted by atomic mass is 10.1. The van der Waals surface area contributed by atoms with Gasteiger partial charge in [-0.05, 0) is 30.3 Å². The van der Waals surface area contributed by atoms with Gasteiger partial charge in [-0.1, -0.05) is 23.9 Å². The van der Waals surface area contributed by atoms with Gasteiger partial charge in [-0.3, -0.25) is 9.59 Å². The Morgan fingerprint density at radius 3 is 2.31 bits per heavy atom. The fourth-order valence-corrected chi connectivity index (χ4v) is 4.64. The second kappa shape index (κ2) is 10.3. The minimum Gasteiger partial charge on any atom is -0.492 e. The van der Waals surface area contributed by atoms with Crippen LogP contribution in [0.3, 0.4) is 0 Å². The molecule has 2 N–H and O–H groups in total. The Labute approximate surface area is 206 Å². The smallest absolute Gasteiger partial charge is 0.281 e. The Morgan fingerprint density at radius 2 is 1.69 bits per heavy atom. The molecule has 1 heterocycles. The first-order chi connectivity index (χ1) is 17.2. The van der Waals surface area contributed by atoms with E-state index in [1.807, 2.05) is 0 Å². The number of rotatable bonds is 7. The summed E-state index contributed by atoms with van der Waals surface area (Å²) in [4.78, 5) is 24.5. The maximum Gasteiger partial charge on any atom is 0.281 e. The minimum absolute atomic E-state index is 0.115. The number of para-hydroxylation sites is 1. The van der Waals surface area contributed by atoms with Crippen LogP contribution in [0, 0.1) is 23.3 Å². The van der Waals surface area contributed by atoms with Gasteiger partial charge in [-0.2, -0.15) is 5.10 Å². The van der Waals surface area contributed by atoms with E-state index in [2.05, 4.69) is 5.10 Å². The molecule has 1 aliphatic heterocycles. The van der Waals surface area contributed by atoms with Gasteiger partial charge in [0.25, 0.3) is 11.8 Å². The van der Waals surface area contributed by atoms with E-state index in [9.17, 15) is 27.2 Å². The van der Waals surface area contributed by atoms with Crippen LogP contribution >= 0.6 is 11.8 Å². The van der Waals surface area contributed by atoms with Gasteiger partial charge >= 0.3 is 0 Å². The Kier molecular flexibility index (Phi) is 7.15. The summed E-state index contributed by atoms with van der Waals surface area (Å²) in [5.74, 6) is -6.19. The van der Waals surface area contributed by atoms with Crippen molar-refractivity contribution in [3.63, 3.8) is 0 Å². The van der Waals surface area contributed by atoms with E-state index >= 15 is 0 Å². The molecule has 12 heteroatoms. The molecule has 0 aromatic heterocycles. The highest BCUT2D eigenvalue weighted by Gasteiger charge is 2.39. The molecule has 0 radical (unpaired) electrons. The monoisotopic (exact) mass is 519 g/mol. The van der Waals surface area contributed by atoms with Crippen molar-refractivity contribution in [3.05, 3.63) is 94.6 Å². The zero-order valence-electron chi connectivity index (χ0n) is 18.5. The van der Waals surface area contributed by atoms with Gasteiger partial charge in [0, 0.05) is 23.3 Å². The van der Waals surface area contributed by atoms with Crippen molar-refractivity contribution in [2.45, 2.75) is 5.37 Å². The third kappa shape index (κ3) is 4.98. The fraction of sp³-hybridized carbons (Fsp3) is 0.125. The number of amides is 2. The van der Waals surface area contributed by atoms with Gasteiger partial charge in [0.2, 0.25) is 0 Å². The summed E-state index contributed by atoms with van der Waals surface area (Å²) in [5.41, 5.74) is 4.88. The van der Waals surface area contributed by atoms with E-state index in [0.717, 1.165) is 16.8 Å². The van der Waals surface area contributed by atoms with Crippen molar-refractivity contribution >= 4 is 28.6 Å². The van der Waals surface area contributed by atoms with Crippen molar-refractivity contribution in [1.29, 1.82) is 0 Å². The number of carbonyl (C=O) groups excluding carboxylic acids is 2. The number of hydrazone groups is 1. The van der Waals surface area contributed by atoms with E-state index in [1.54, 1.807) is 12.1 Å². The zero-order chi connectivity index (χ0) is 26.0. The summed E-state index contributed by atoms with van der Waals surface area (Å²) in [5, 5.41) is 4.27. The van der Waals surface area contributed by atoms with Gasteiger partial charge in [0.15, 0.2) is 18.1 Å². The van der Waals surface area contributed by atoms with Gasteiger partial charge in [0.05, 0.1) is 7.11 Å². The van der Waals surface area contributed by atoms with E-state index in [0.29, 0.717) is 23.3 Å². The Bertz CT molecular complexity index is 1340. The minimum atomic E-state index is -1.41. The molecule has 3 aromatic carbocycles. The van der Waals surface area contributed by atoms with Crippen LogP contribution in [0.25, 0.3) is 0 Å². The fourth-order valence-electron chi connectivity index (χ4n) is 3.46. The van der Waals surface area contributed by atoms with E-state index in [-0.39, 0.29) is 16.5 Å². The van der Waals surface area contributed by atoms with Gasteiger partial charge in [0.1, 0.15) is 39.2 Å². The van der Waals surface area contributed by atoms with Crippen molar-refractivity contribution in [1.82, 2.24) is 5.01 Å². The molecule has 186 valence electrons.